The van der Waals surface area contributed by atoms with Gasteiger partial charge in [-0.25, -0.2) is 0 Å². The molecule has 2 aromatic rings. The summed E-state index contributed by atoms with van der Waals surface area (Å²) in [5.41, 5.74) is 0. The number of carboxylic acids is 1. The Hall–Kier alpha value is -2.21. The van der Waals surface area contributed by atoms with E-state index in [-0.39, 0.29) is 25.0 Å². The van der Waals surface area contributed by atoms with E-state index >= 15 is 0 Å². The Balaban J connectivity index is 1.68. The van der Waals surface area contributed by atoms with E-state index in [4.69, 9.17) is 9.84 Å². The third-order valence-electron chi connectivity index (χ3n) is 4.06. The molecule has 1 aliphatic rings. The zero-order chi connectivity index (χ0) is 16.9. The summed E-state index contributed by atoms with van der Waals surface area (Å²) >= 11 is 1.68. The van der Waals surface area contributed by atoms with Gasteiger partial charge in [0.2, 0.25) is 0 Å². The van der Waals surface area contributed by atoms with Gasteiger partial charge in [-0.3, -0.25) is 9.59 Å². The van der Waals surface area contributed by atoms with Gasteiger partial charge in [-0.1, -0.05) is 36.4 Å². The number of carboxylic acid groups (broad SMARTS) is 1. The van der Waals surface area contributed by atoms with Crippen molar-refractivity contribution in [3.05, 3.63) is 42.5 Å². The number of aliphatic carboxylic acids is 1. The summed E-state index contributed by atoms with van der Waals surface area (Å²) in [6.07, 6.45) is -0.0208. The number of fused-ring (bicyclic) bond motifs is 1. The van der Waals surface area contributed by atoms with Crippen molar-refractivity contribution in [3.8, 4) is 5.75 Å². The van der Waals surface area contributed by atoms with Crippen molar-refractivity contribution in [1.29, 1.82) is 0 Å². The quantitative estimate of drug-likeness (QED) is 0.902. The van der Waals surface area contributed by atoms with Gasteiger partial charge in [-0.05, 0) is 11.5 Å². The molecule has 0 aliphatic carbocycles. The zero-order valence-corrected chi connectivity index (χ0v) is 14.0. The van der Waals surface area contributed by atoms with Gasteiger partial charge in [0.05, 0.1) is 12.5 Å². The third-order valence-corrected chi connectivity index (χ3v) is 5.15. The molecule has 1 amide bonds. The predicted molar refractivity (Wildman–Crippen MR) is 94.5 cm³/mol. The largest absolute Gasteiger partial charge is 0.483 e. The number of nitrogens with zero attached hydrogens (tertiary/aromatic N) is 1. The Labute approximate surface area is 144 Å². The lowest BCUT2D eigenvalue weighted by atomic mass is 10.1. The first-order chi connectivity index (χ1) is 11.6. The number of ether oxygens (including phenoxy) is 1. The van der Waals surface area contributed by atoms with Crippen LogP contribution < -0.4 is 4.74 Å². The highest BCUT2D eigenvalue weighted by molar-refractivity contribution is 7.99. The van der Waals surface area contributed by atoms with E-state index in [1.807, 2.05) is 42.5 Å². The van der Waals surface area contributed by atoms with Crippen molar-refractivity contribution >= 4 is 34.4 Å². The number of benzene rings is 2. The van der Waals surface area contributed by atoms with Crippen LogP contribution in [0.1, 0.15) is 6.42 Å². The Morgan fingerprint density at radius 1 is 1.21 bits per heavy atom. The average Bonchev–Trinajstić information content (AvgIpc) is 2.59. The molecule has 5 nitrogen and oxygen atoms in total. The van der Waals surface area contributed by atoms with E-state index in [1.54, 1.807) is 16.7 Å². The van der Waals surface area contributed by atoms with E-state index in [0.717, 1.165) is 16.5 Å². The lowest BCUT2D eigenvalue weighted by Gasteiger charge is -2.34. The number of thioether (sulfide) groups is 1. The smallest absolute Gasteiger partial charge is 0.305 e. The van der Waals surface area contributed by atoms with Gasteiger partial charge in [-0.15, -0.1) is 0 Å². The predicted octanol–water partition coefficient (Wildman–Crippen LogP) is 2.64. The molecule has 1 N–H and O–H groups in total. The molecule has 1 atom stereocenters. The minimum atomic E-state index is -0.879. The van der Waals surface area contributed by atoms with Crippen molar-refractivity contribution in [2.75, 3.05) is 24.7 Å². The summed E-state index contributed by atoms with van der Waals surface area (Å²) in [5.74, 6) is 1.12. The van der Waals surface area contributed by atoms with Gasteiger partial charge in [0.1, 0.15) is 5.75 Å². The zero-order valence-electron chi connectivity index (χ0n) is 13.2. The fraction of sp³-hybridized carbons (Fsp3) is 0.333. The van der Waals surface area contributed by atoms with Crippen LogP contribution in [-0.2, 0) is 9.59 Å². The molecule has 3 rings (SSSR count). The first kappa shape index (κ1) is 16.6. The van der Waals surface area contributed by atoms with Crippen LogP contribution in [0.3, 0.4) is 0 Å². The first-order valence-corrected chi connectivity index (χ1v) is 9.00. The van der Waals surface area contributed by atoms with Gasteiger partial charge in [0, 0.05) is 23.4 Å². The third kappa shape index (κ3) is 3.82. The Morgan fingerprint density at radius 3 is 2.83 bits per heavy atom. The Kier molecular flexibility index (Phi) is 5.25. The number of carbonyl (C=O) groups excluding carboxylic acids is 1. The van der Waals surface area contributed by atoms with Crippen molar-refractivity contribution < 1.29 is 19.4 Å². The molecule has 126 valence electrons. The van der Waals surface area contributed by atoms with Crippen LogP contribution in [-0.4, -0.2) is 52.6 Å². The first-order valence-electron chi connectivity index (χ1n) is 7.85. The fourth-order valence-electron chi connectivity index (χ4n) is 2.90. The molecular weight excluding hydrogens is 326 g/mol. The van der Waals surface area contributed by atoms with Crippen LogP contribution >= 0.6 is 11.8 Å². The lowest BCUT2D eigenvalue weighted by Crippen LogP contribution is -2.48. The van der Waals surface area contributed by atoms with Crippen LogP contribution in [0.4, 0.5) is 0 Å². The molecule has 24 heavy (non-hydrogen) atoms. The molecule has 2 aromatic carbocycles. The summed E-state index contributed by atoms with van der Waals surface area (Å²) in [7, 11) is 0. The van der Waals surface area contributed by atoms with Crippen molar-refractivity contribution in [1.82, 2.24) is 4.90 Å². The Bertz CT molecular complexity index is 743. The topological polar surface area (TPSA) is 66.8 Å². The van der Waals surface area contributed by atoms with Gasteiger partial charge in [-0.2, -0.15) is 11.8 Å². The summed E-state index contributed by atoms with van der Waals surface area (Å²) < 4.78 is 5.74. The normalized spacial score (nSPS) is 17.7. The number of rotatable bonds is 5. The minimum Gasteiger partial charge on any atom is -0.483 e. The van der Waals surface area contributed by atoms with Gasteiger partial charge in [0.25, 0.3) is 5.91 Å². The van der Waals surface area contributed by atoms with Crippen molar-refractivity contribution in [2.45, 2.75) is 12.5 Å². The summed E-state index contributed by atoms with van der Waals surface area (Å²) in [6, 6.07) is 13.3. The molecule has 1 heterocycles. The number of carbonyl (C=O) groups is 2. The molecule has 6 heteroatoms. The van der Waals surface area contributed by atoms with Crippen LogP contribution in [0.25, 0.3) is 10.8 Å². The van der Waals surface area contributed by atoms with Gasteiger partial charge in [0.15, 0.2) is 6.61 Å². The second-order valence-electron chi connectivity index (χ2n) is 5.68. The van der Waals surface area contributed by atoms with Crippen LogP contribution in [0.2, 0.25) is 0 Å². The van der Waals surface area contributed by atoms with Crippen molar-refractivity contribution in [3.63, 3.8) is 0 Å². The van der Waals surface area contributed by atoms with Gasteiger partial charge >= 0.3 is 5.97 Å². The molecule has 0 radical (unpaired) electrons. The summed E-state index contributed by atoms with van der Waals surface area (Å²) in [5, 5.41) is 11.0. The fourth-order valence-corrected chi connectivity index (χ4v) is 3.96. The minimum absolute atomic E-state index is 0.0208. The van der Waals surface area contributed by atoms with Gasteiger partial charge < -0.3 is 14.7 Å². The molecule has 1 unspecified atom stereocenters. The molecule has 1 fully saturated rings. The second kappa shape index (κ2) is 7.57. The van der Waals surface area contributed by atoms with Crippen LogP contribution in [0.5, 0.6) is 5.75 Å². The summed E-state index contributed by atoms with van der Waals surface area (Å²) in [6.45, 7) is 0.495. The SMILES string of the molecule is O=C(O)CC1CSCCN1C(=O)COc1cccc2ccccc12. The highest BCUT2D eigenvalue weighted by Gasteiger charge is 2.29. The number of hydrogen-bond donors (Lipinski definition) is 1. The monoisotopic (exact) mass is 345 g/mol. The maximum absolute atomic E-state index is 12.5. The lowest BCUT2D eigenvalue weighted by molar-refractivity contribution is -0.141. The average molecular weight is 345 g/mol. The molecule has 1 aliphatic heterocycles. The summed E-state index contributed by atoms with van der Waals surface area (Å²) in [4.78, 5) is 25.1. The van der Waals surface area contributed by atoms with Crippen LogP contribution in [0, 0.1) is 0 Å². The maximum Gasteiger partial charge on any atom is 0.305 e. The highest BCUT2D eigenvalue weighted by atomic mass is 32.2. The highest BCUT2D eigenvalue weighted by Crippen LogP contribution is 2.25. The molecule has 0 bridgehead atoms. The Morgan fingerprint density at radius 2 is 2.00 bits per heavy atom. The molecule has 1 saturated heterocycles. The van der Waals surface area contributed by atoms with E-state index < -0.39 is 5.97 Å². The molecule has 0 spiro atoms. The molecule has 0 aromatic heterocycles. The second-order valence-corrected chi connectivity index (χ2v) is 6.83. The maximum atomic E-state index is 12.5. The van der Waals surface area contributed by atoms with E-state index in [9.17, 15) is 9.59 Å². The molecule has 0 saturated carbocycles. The van der Waals surface area contributed by atoms with E-state index in [1.165, 1.54) is 0 Å². The van der Waals surface area contributed by atoms with E-state index in [0.29, 0.717) is 18.0 Å². The number of hydrogen-bond acceptors (Lipinski definition) is 4. The van der Waals surface area contributed by atoms with Crippen LogP contribution in [0.15, 0.2) is 42.5 Å². The number of amides is 1. The van der Waals surface area contributed by atoms with Crippen molar-refractivity contribution in [2.24, 2.45) is 0 Å². The standard InChI is InChI=1S/C18H19NO4S/c20-17(19-8-9-24-12-14(19)10-18(21)22)11-23-16-7-3-5-13-4-1-2-6-15(13)16/h1-7,14H,8-12H2,(H,21,22). The van der Waals surface area contributed by atoms with E-state index in [2.05, 4.69) is 0 Å². The molecular formula is C18H19NO4S.